The minimum atomic E-state index is -3.95. The number of likely N-dealkylation sites (N-methyl/N-ethyl adjacent to an activating group) is 1. The molecule has 0 radical (unpaired) electrons. The number of aromatic carboxylic acids is 1. The van der Waals surface area contributed by atoms with Crippen molar-refractivity contribution in [2.45, 2.75) is 24.2 Å². The molecule has 0 aromatic heterocycles. The molecule has 0 bridgehead atoms. The van der Waals surface area contributed by atoms with E-state index in [1.807, 2.05) is 0 Å². The molecule has 1 amide bonds. The first-order valence-corrected chi connectivity index (χ1v) is 7.81. The summed E-state index contributed by atoms with van der Waals surface area (Å²) in [4.78, 5) is 22.0. The Morgan fingerprint density at radius 2 is 2.00 bits per heavy atom. The van der Waals surface area contributed by atoms with Crippen molar-refractivity contribution in [2.75, 3.05) is 13.6 Å². The van der Waals surface area contributed by atoms with Gasteiger partial charge in [0.1, 0.15) is 0 Å². The average molecular weight is 312 g/mol. The molecule has 0 saturated carbocycles. The fourth-order valence-electron chi connectivity index (χ4n) is 2.49. The summed E-state index contributed by atoms with van der Waals surface area (Å²) in [6.07, 6.45) is 2.01. The lowest BCUT2D eigenvalue weighted by molar-refractivity contribution is -0.118. The predicted octanol–water partition coefficient (Wildman–Crippen LogP) is -0.0207. The highest BCUT2D eigenvalue weighted by molar-refractivity contribution is 7.89. The fourth-order valence-corrected chi connectivity index (χ4v) is 3.94. The van der Waals surface area contributed by atoms with Crippen LogP contribution in [-0.2, 0) is 27.7 Å². The van der Waals surface area contributed by atoms with E-state index in [9.17, 15) is 18.0 Å². The Hall–Kier alpha value is -1.93. The van der Waals surface area contributed by atoms with Gasteiger partial charge in [0.25, 0.3) is 0 Å². The molecule has 0 aliphatic heterocycles. The lowest BCUT2D eigenvalue weighted by Gasteiger charge is -2.18. The molecule has 0 spiro atoms. The highest BCUT2D eigenvalue weighted by atomic mass is 32.2. The zero-order chi connectivity index (χ0) is 15.8. The molecular formula is C13H16N2O5S. The SMILES string of the molecule is CN(CC(N)=O)S(=O)(=O)c1cc(C(=O)O)cc2c1CCC2. The van der Waals surface area contributed by atoms with Crippen molar-refractivity contribution in [2.24, 2.45) is 5.73 Å². The number of carbonyl (C=O) groups is 2. The number of sulfonamides is 1. The van der Waals surface area contributed by atoms with Gasteiger partial charge in [0, 0.05) is 7.05 Å². The molecule has 114 valence electrons. The van der Waals surface area contributed by atoms with Gasteiger partial charge in [0.2, 0.25) is 15.9 Å². The topological polar surface area (TPSA) is 118 Å². The van der Waals surface area contributed by atoms with Gasteiger partial charge in [0.15, 0.2) is 0 Å². The van der Waals surface area contributed by atoms with Gasteiger partial charge in [-0.15, -0.1) is 0 Å². The van der Waals surface area contributed by atoms with Crippen molar-refractivity contribution < 1.29 is 23.1 Å². The lowest BCUT2D eigenvalue weighted by Crippen LogP contribution is -2.35. The quantitative estimate of drug-likeness (QED) is 0.792. The zero-order valence-electron chi connectivity index (χ0n) is 11.5. The molecule has 21 heavy (non-hydrogen) atoms. The van der Waals surface area contributed by atoms with E-state index < -0.39 is 28.4 Å². The number of carboxylic acids is 1. The van der Waals surface area contributed by atoms with Crippen LogP contribution in [0.1, 0.15) is 27.9 Å². The van der Waals surface area contributed by atoms with Gasteiger partial charge in [-0.3, -0.25) is 4.79 Å². The largest absolute Gasteiger partial charge is 0.478 e. The van der Waals surface area contributed by atoms with E-state index in [0.717, 1.165) is 22.4 Å². The molecule has 0 unspecified atom stereocenters. The number of nitrogens with zero attached hydrogens (tertiary/aromatic N) is 1. The zero-order valence-corrected chi connectivity index (χ0v) is 12.3. The summed E-state index contributed by atoms with van der Waals surface area (Å²) in [5.74, 6) is -1.95. The van der Waals surface area contributed by atoms with Crippen molar-refractivity contribution >= 4 is 21.9 Å². The molecule has 8 heteroatoms. The summed E-state index contributed by atoms with van der Waals surface area (Å²) >= 11 is 0. The molecule has 1 aliphatic carbocycles. The summed E-state index contributed by atoms with van der Waals surface area (Å²) in [6.45, 7) is -0.450. The molecule has 7 nitrogen and oxygen atoms in total. The van der Waals surface area contributed by atoms with Crippen LogP contribution in [0.25, 0.3) is 0 Å². The molecule has 1 aromatic rings. The van der Waals surface area contributed by atoms with E-state index in [1.54, 1.807) is 0 Å². The minimum absolute atomic E-state index is 0.0429. The Labute approximate surface area is 122 Å². The number of primary amides is 1. The predicted molar refractivity (Wildman–Crippen MR) is 74.4 cm³/mol. The van der Waals surface area contributed by atoms with Crippen molar-refractivity contribution in [1.29, 1.82) is 0 Å². The average Bonchev–Trinajstić information content (AvgIpc) is 2.84. The Balaban J connectivity index is 2.57. The van der Waals surface area contributed by atoms with Gasteiger partial charge in [-0.2, -0.15) is 4.31 Å². The van der Waals surface area contributed by atoms with Crippen molar-refractivity contribution in [1.82, 2.24) is 4.31 Å². The number of rotatable bonds is 5. The number of amides is 1. The van der Waals surface area contributed by atoms with Gasteiger partial charge in [-0.25, -0.2) is 13.2 Å². The number of hydrogen-bond donors (Lipinski definition) is 2. The second-order valence-corrected chi connectivity index (χ2v) is 7.01. The van der Waals surface area contributed by atoms with E-state index in [0.29, 0.717) is 18.4 Å². The lowest BCUT2D eigenvalue weighted by atomic mass is 10.1. The first-order valence-electron chi connectivity index (χ1n) is 6.37. The maximum Gasteiger partial charge on any atom is 0.335 e. The van der Waals surface area contributed by atoms with E-state index in [2.05, 4.69) is 0 Å². The maximum absolute atomic E-state index is 12.5. The number of carboxylic acid groups (broad SMARTS) is 1. The summed E-state index contributed by atoms with van der Waals surface area (Å²) in [7, 11) is -2.70. The van der Waals surface area contributed by atoms with Crippen LogP contribution in [-0.4, -0.2) is 43.3 Å². The normalized spacial score (nSPS) is 14.2. The van der Waals surface area contributed by atoms with Gasteiger partial charge >= 0.3 is 5.97 Å². The third-order valence-electron chi connectivity index (χ3n) is 3.49. The van der Waals surface area contributed by atoms with Crippen LogP contribution in [0.3, 0.4) is 0 Å². The van der Waals surface area contributed by atoms with Crippen LogP contribution < -0.4 is 5.73 Å². The fraction of sp³-hybridized carbons (Fsp3) is 0.385. The van der Waals surface area contributed by atoms with E-state index in [4.69, 9.17) is 10.8 Å². The molecule has 0 fully saturated rings. The molecule has 0 heterocycles. The van der Waals surface area contributed by atoms with Crippen LogP contribution in [0.15, 0.2) is 17.0 Å². The summed E-state index contributed by atoms with van der Waals surface area (Å²) < 4.78 is 25.9. The van der Waals surface area contributed by atoms with E-state index in [1.165, 1.54) is 13.1 Å². The van der Waals surface area contributed by atoms with Crippen molar-refractivity contribution in [3.63, 3.8) is 0 Å². The summed E-state index contributed by atoms with van der Waals surface area (Å²) in [5.41, 5.74) is 6.32. The van der Waals surface area contributed by atoms with Crippen LogP contribution in [0.2, 0.25) is 0 Å². The minimum Gasteiger partial charge on any atom is -0.478 e. The summed E-state index contributed by atoms with van der Waals surface area (Å²) in [5, 5.41) is 9.11. The Bertz CT molecular complexity index is 712. The number of fused-ring (bicyclic) bond motifs is 1. The van der Waals surface area contributed by atoms with Crippen LogP contribution in [0.5, 0.6) is 0 Å². The second kappa shape index (κ2) is 5.45. The maximum atomic E-state index is 12.5. The van der Waals surface area contributed by atoms with Crippen molar-refractivity contribution in [3.8, 4) is 0 Å². The molecule has 3 N–H and O–H groups in total. The second-order valence-electron chi connectivity index (χ2n) is 5.00. The van der Waals surface area contributed by atoms with Crippen LogP contribution in [0.4, 0.5) is 0 Å². The summed E-state index contributed by atoms with van der Waals surface area (Å²) in [6, 6.07) is 2.66. The molecule has 1 aromatic carbocycles. The number of benzene rings is 1. The van der Waals surface area contributed by atoms with Gasteiger partial charge in [-0.05, 0) is 42.5 Å². The van der Waals surface area contributed by atoms with Crippen LogP contribution in [0, 0.1) is 0 Å². The molecule has 2 rings (SSSR count). The number of aryl methyl sites for hydroxylation is 1. The van der Waals surface area contributed by atoms with Crippen molar-refractivity contribution in [3.05, 3.63) is 28.8 Å². The van der Waals surface area contributed by atoms with Gasteiger partial charge < -0.3 is 10.8 Å². The van der Waals surface area contributed by atoms with E-state index >= 15 is 0 Å². The third kappa shape index (κ3) is 2.91. The third-order valence-corrected chi connectivity index (χ3v) is 5.36. The first kappa shape index (κ1) is 15.5. The first-order chi connectivity index (χ1) is 9.73. The molecule has 0 atom stereocenters. The molecular weight excluding hydrogens is 296 g/mol. The standard InChI is InChI=1S/C13H16N2O5S/c1-15(7-12(14)16)21(19,20)11-6-9(13(17)18)5-8-3-2-4-10(8)11/h5-6H,2-4,7H2,1H3,(H2,14,16)(H,17,18). The van der Waals surface area contributed by atoms with Gasteiger partial charge in [-0.1, -0.05) is 0 Å². The highest BCUT2D eigenvalue weighted by Gasteiger charge is 2.29. The molecule has 0 saturated heterocycles. The smallest absolute Gasteiger partial charge is 0.335 e. The Kier molecular flexibility index (Phi) is 4.02. The number of nitrogens with two attached hydrogens (primary N) is 1. The van der Waals surface area contributed by atoms with Crippen LogP contribution >= 0.6 is 0 Å². The number of hydrogen-bond acceptors (Lipinski definition) is 4. The van der Waals surface area contributed by atoms with E-state index in [-0.39, 0.29) is 10.5 Å². The van der Waals surface area contributed by atoms with Gasteiger partial charge in [0.05, 0.1) is 17.0 Å². The Morgan fingerprint density at radius 3 is 2.57 bits per heavy atom. The monoisotopic (exact) mass is 312 g/mol. The highest BCUT2D eigenvalue weighted by Crippen LogP contribution is 2.31. The Morgan fingerprint density at radius 1 is 1.33 bits per heavy atom. The number of carbonyl (C=O) groups excluding carboxylic acids is 1. The molecule has 1 aliphatic rings.